The van der Waals surface area contributed by atoms with E-state index in [0.29, 0.717) is 25.6 Å². The Bertz CT molecular complexity index is 248. The van der Waals surface area contributed by atoms with E-state index in [4.69, 9.17) is 9.47 Å². The van der Waals surface area contributed by atoms with E-state index >= 15 is 0 Å². The molecule has 0 amide bonds. The van der Waals surface area contributed by atoms with Crippen LogP contribution in [0.25, 0.3) is 0 Å². The first-order valence-corrected chi connectivity index (χ1v) is 5.56. The summed E-state index contributed by atoms with van der Waals surface area (Å²) in [5.41, 5.74) is 0. The van der Waals surface area contributed by atoms with Gasteiger partial charge in [0.05, 0.1) is 0 Å². The molecule has 0 atom stereocenters. The van der Waals surface area contributed by atoms with Gasteiger partial charge in [-0.05, 0) is 13.8 Å². The fourth-order valence-electron chi connectivity index (χ4n) is 1.26. The van der Waals surface area contributed by atoms with E-state index in [1.54, 1.807) is 0 Å². The number of aromatic nitrogens is 2. The molecule has 1 rings (SSSR count). The molecule has 0 spiro atoms. The van der Waals surface area contributed by atoms with Gasteiger partial charge in [-0.1, -0.05) is 5.16 Å². The van der Waals surface area contributed by atoms with Gasteiger partial charge in [0.15, 0.2) is 12.1 Å². The average Bonchev–Trinajstić information content (AvgIpc) is 2.78. The number of hydrogen-bond donors (Lipinski definition) is 1. The number of ether oxygens (including phenoxy) is 2. The Balaban J connectivity index is 2.08. The van der Waals surface area contributed by atoms with E-state index in [1.807, 2.05) is 13.8 Å². The number of nitrogens with one attached hydrogen (secondary N) is 1. The summed E-state index contributed by atoms with van der Waals surface area (Å²) < 4.78 is 15.4. The van der Waals surface area contributed by atoms with Gasteiger partial charge in [0.25, 0.3) is 0 Å². The molecular weight excluding hydrogens is 210 g/mol. The zero-order chi connectivity index (χ0) is 11.6. The molecule has 6 nitrogen and oxygen atoms in total. The first kappa shape index (κ1) is 13.1. The van der Waals surface area contributed by atoms with Crippen LogP contribution in [0.3, 0.4) is 0 Å². The molecule has 1 N–H and O–H groups in total. The largest absolute Gasteiger partial charge is 0.352 e. The van der Waals surface area contributed by atoms with Crippen molar-refractivity contribution in [2.24, 2.45) is 0 Å². The molecule has 0 saturated heterocycles. The summed E-state index contributed by atoms with van der Waals surface area (Å²) in [6, 6.07) is 0. The average molecular weight is 229 g/mol. The van der Waals surface area contributed by atoms with Crippen LogP contribution in [0.1, 0.15) is 19.7 Å². The zero-order valence-electron chi connectivity index (χ0n) is 9.81. The van der Waals surface area contributed by atoms with Crippen LogP contribution in [0.5, 0.6) is 0 Å². The highest BCUT2D eigenvalue weighted by atomic mass is 16.7. The maximum Gasteiger partial charge on any atom is 0.213 e. The Kier molecular flexibility index (Phi) is 6.71. The van der Waals surface area contributed by atoms with Crippen molar-refractivity contribution in [3.05, 3.63) is 12.2 Å². The van der Waals surface area contributed by atoms with Gasteiger partial charge in [0.2, 0.25) is 6.39 Å². The highest BCUT2D eigenvalue weighted by Crippen LogP contribution is 1.94. The number of hydrogen-bond acceptors (Lipinski definition) is 6. The summed E-state index contributed by atoms with van der Waals surface area (Å²) in [4.78, 5) is 3.93. The van der Waals surface area contributed by atoms with Gasteiger partial charge < -0.3 is 19.3 Å². The van der Waals surface area contributed by atoms with Gasteiger partial charge in [0.1, 0.15) is 0 Å². The first-order chi connectivity index (χ1) is 7.86. The van der Waals surface area contributed by atoms with Crippen LogP contribution in [0.4, 0.5) is 0 Å². The van der Waals surface area contributed by atoms with Crippen LogP contribution in [-0.4, -0.2) is 42.7 Å². The standard InChI is InChI=1S/C10H19N3O3/c1-3-14-10(15-4-2)7-11-6-5-9-12-8-16-13-9/h8,10-11H,3-7H2,1-2H3. The van der Waals surface area contributed by atoms with Crippen LogP contribution >= 0.6 is 0 Å². The first-order valence-electron chi connectivity index (χ1n) is 5.56. The summed E-state index contributed by atoms with van der Waals surface area (Å²) >= 11 is 0. The molecule has 0 bridgehead atoms. The maximum absolute atomic E-state index is 5.39. The zero-order valence-corrected chi connectivity index (χ0v) is 9.81. The van der Waals surface area contributed by atoms with Gasteiger partial charge in [-0.3, -0.25) is 0 Å². The van der Waals surface area contributed by atoms with Crippen molar-refractivity contribution in [3.8, 4) is 0 Å². The molecule has 0 radical (unpaired) electrons. The maximum atomic E-state index is 5.39. The minimum Gasteiger partial charge on any atom is -0.352 e. The van der Waals surface area contributed by atoms with Crippen LogP contribution in [0.2, 0.25) is 0 Å². The van der Waals surface area contributed by atoms with Crippen molar-refractivity contribution in [2.45, 2.75) is 26.6 Å². The minimum atomic E-state index is -0.180. The molecule has 1 aromatic rings. The van der Waals surface area contributed by atoms with Crippen molar-refractivity contribution < 1.29 is 14.0 Å². The highest BCUT2D eigenvalue weighted by Gasteiger charge is 2.06. The van der Waals surface area contributed by atoms with Crippen molar-refractivity contribution >= 4 is 0 Å². The van der Waals surface area contributed by atoms with Crippen molar-refractivity contribution in [1.29, 1.82) is 0 Å². The predicted molar refractivity (Wildman–Crippen MR) is 57.9 cm³/mol. The predicted octanol–water partition coefficient (Wildman–Crippen LogP) is 0.601. The summed E-state index contributed by atoms with van der Waals surface area (Å²) in [5.74, 6) is 0.705. The Morgan fingerprint density at radius 3 is 2.69 bits per heavy atom. The molecule has 92 valence electrons. The molecule has 0 aliphatic heterocycles. The lowest BCUT2D eigenvalue weighted by Gasteiger charge is -2.17. The third-order valence-corrected chi connectivity index (χ3v) is 1.95. The number of rotatable bonds is 9. The number of nitrogens with zero attached hydrogens (tertiary/aromatic N) is 2. The van der Waals surface area contributed by atoms with Gasteiger partial charge in [-0.25, -0.2) is 0 Å². The Morgan fingerprint density at radius 2 is 2.12 bits per heavy atom. The fraction of sp³-hybridized carbons (Fsp3) is 0.800. The molecule has 0 unspecified atom stereocenters. The lowest BCUT2D eigenvalue weighted by atomic mass is 10.4. The molecule has 1 aromatic heterocycles. The summed E-state index contributed by atoms with van der Waals surface area (Å²) in [5, 5.41) is 6.94. The van der Waals surface area contributed by atoms with E-state index in [2.05, 4.69) is 20.0 Å². The summed E-state index contributed by atoms with van der Waals surface area (Å²) in [6.07, 6.45) is 1.89. The van der Waals surface area contributed by atoms with E-state index < -0.39 is 0 Å². The van der Waals surface area contributed by atoms with Gasteiger partial charge in [0, 0.05) is 32.7 Å². The van der Waals surface area contributed by atoms with Crippen LogP contribution in [-0.2, 0) is 15.9 Å². The Labute approximate surface area is 95.3 Å². The molecule has 0 aromatic carbocycles. The van der Waals surface area contributed by atoms with Crippen LogP contribution < -0.4 is 5.32 Å². The van der Waals surface area contributed by atoms with Gasteiger partial charge >= 0.3 is 0 Å². The SMILES string of the molecule is CCOC(CNCCc1ncon1)OCC. The molecule has 6 heteroatoms. The molecule has 0 aliphatic carbocycles. The second kappa shape index (κ2) is 8.20. The molecular formula is C10H19N3O3. The van der Waals surface area contributed by atoms with Gasteiger partial charge in [-0.15, -0.1) is 0 Å². The molecule has 16 heavy (non-hydrogen) atoms. The second-order valence-corrected chi connectivity index (χ2v) is 3.14. The van der Waals surface area contributed by atoms with Crippen molar-refractivity contribution in [3.63, 3.8) is 0 Å². The second-order valence-electron chi connectivity index (χ2n) is 3.14. The third kappa shape index (κ3) is 5.20. The van der Waals surface area contributed by atoms with E-state index in [-0.39, 0.29) is 6.29 Å². The lowest BCUT2D eigenvalue weighted by Crippen LogP contribution is -2.32. The van der Waals surface area contributed by atoms with Crippen molar-refractivity contribution in [1.82, 2.24) is 15.5 Å². The minimum absolute atomic E-state index is 0.180. The molecule has 0 aliphatic rings. The van der Waals surface area contributed by atoms with E-state index in [1.165, 1.54) is 6.39 Å². The third-order valence-electron chi connectivity index (χ3n) is 1.95. The van der Waals surface area contributed by atoms with Gasteiger partial charge in [-0.2, -0.15) is 4.98 Å². The van der Waals surface area contributed by atoms with E-state index in [9.17, 15) is 0 Å². The van der Waals surface area contributed by atoms with Crippen molar-refractivity contribution in [2.75, 3.05) is 26.3 Å². The lowest BCUT2D eigenvalue weighted by molar-refractivity contribution is -0.132. The topological polar surface area (TPSA) is 69.4 Å². The fourth-order valence-corrected chi connectivity index (χ4v) is 1.26. The normalized spacial score (nSPS) is 11.2. The smallest absolute Gasteiger partial charge is 0.213 e. The van der Waals surface area contributed by atoms with Crippen LogP contribution in [0, 0.1) is 0 Å². The molecule has 1 heterocycles. The molecule has 0 fully saturated rings. The highest BCUT2D eigenvalue weighted by molar-refractivity contribution is 4.78. The Hall–Kier alpha value is -0.980. The summed E-state index contributed by atoms with van der Waals surface area (Å²) in [6.45, 7) is 6.64. The summed E-state index contributed by atoms with van der Waals surface area (Å²) in [7, 11) is 0. The van der Waals surface area contributed by atoms with Crippen LogP contribution in [0.15, 0.2) is 10.9 Å². The quantitative estimate of drug-likeness (QED) is 0.494. The monoisotopic (exact) mass is 229 g/mol. The molecule has 0 saturated carbocycles. The van der Waals surface area contributed by atoms with E-state index in [0.717, 1.165) is 13.0 Å². The Morgan fingerprint density at radius 1 is 1.38 bits per heavy atom.